The highest BCUT2D eigenvalue weighted by molar-refractivity contribution is 6.30. The lowest BCUT2D eigenvalue weighted by atomic mass is 10.2. The van der Waals surface area contributed by atoms with Crippen molar-refractivity contribution in [1.29, 1.82) is 0 Å². The number of benzene rings is 2. The molecule has 1 saturated carbocycles. The summed E-state index contributed by atoms with van der Waals surface area (Å²) in [5.41, 5.74) is 1.93. The van der Waals surface area contributed by atoms with Crippen molar-refractivity contribution in [2.75, 3.05) is 19.5 Å². The van der Waals surface area contributed by atoms with E-state index >= 15 is 0 Å². The first-order valence-electron chi connectivity index (χ1n) is 10.7. The van der Waals surface area contributed by atoms with E-state index in [1.54, 1.807) is 47.3 Å². The third-order valence-corrected chi connectivity index (χ3v) is 5.92. The number of amides is 1. The monoisotopic (exact) mass is 479 g/mol. The SMILES string of the molecule is COc1ccc(NC(=O)Cn2nc(C3CC3)c3cnn(-c4cccc(Cl)c4)c3c2=O)cc1OC. The molecule has 5 rings (SSSR count). The van der Waals surface area contributed by atoms with Crippen LogP contribution in [0.15, 0.2) is 53.5 Å². The van der Waals surface area contributed by atoms with E-state index < -0.39 is 11.5 Å². The smallest absolute Gasteiger partial charge is 0.293 e. The number of ether oxygens (including phenoxy) is 2. The lowest BCUT2D eigenvalue weighted by molar-refractivity contribution is -0.117. The maximum Gasteiger partial charge on any atom is 0.293 e. The van der Waals surface area contributed by atoms with E-state index in [4.69, 9.17) is 21.1 Å². The highest BCUT2D eigenvalue weighted by Crippen LogP contribution is 2.41. The summed E-state index contributed by atoms with van der Waals surface area (Å²) in [7, 11) is 3.06. The molecule has 1 aliphatic carbocycles. The Morgan fingerprint density at radius 1 is 1.15 bits per heavy atom. The summed E-state index contributed by atoms with van der Waals surface area (Å²) >= 11 is 6.16. The summed E-state index contributed by atoms with van der Waals surface area (Å²) in [6.45, 7) is -0.246. The number of nitrogens with one attached hydrogen (secondary N) is 1. The second-order valence-corrected chi connectivity index (χ2v) is 8.48. The van der Waals surface area contributed by atoms with Crippen LogP contribution in [-0.4, -0.2) is 39.7 Å². The van der Waals surface area contributed by atoms with Crippen LogP contribution >= 0.6 is 11.6 Å². The quantitative estimate of drug-likeness (QED) is 0.433. The van der Waals surface area contributed by atoms with Gasteiger partial charge in [-0.2, -0.15) is 10.2 Å². The third kappa shape index (κ3) is 4.10. The zero-order valence-corrected chi connectivity index (χ0v) is 19.4. The Morgan fingerprint density at radius 2 is 1.94 bits per heavy atom. The van der Waals surface area contributed by atoms with Crippen LogP contribution in [0.25, 0.3) is 16.6 Å². The van der Waals surface area contributed by atoms with Crippen LogP contribution in [0.2, 0.25) is 5.02 Å². The van der Waals surface area contributed by atoms with Crippen molar-refractivity contribution in [3.05, 3.63) is 69.7 Å². The molecule has 0 atom stereocenters. The van der Waals surface area contributed by atoms with Gasteiger partial charge in [0.25, 0.3) is 5.56 Å². The Balaban J connectivity index is 1.51. The van der Waals surface area contributed by atoms with Gasteiger partial charge in [0.2, 0.25) is 5.91 Å². The van der Waals surface area contributed by atoms with Crippen LogP contribution in [-0.2, 0) is 11.3 Å². The summed E-state index contributed by atoms with van der Waals surface area (Å²) in [5, 5.41) is 13.0. The van der Waals surface area contributed by atoms with Crippen molar-refractivity contribution in [3.63, 3.8) is 0 Å². The van der Waals surface area contributed by atoms with Gasteiger partial charge in [0.15, 0.2) is 11.5 Å². The molecule has 0 radical (unpaired) electrons. The van der Waals surface area contributed by atoms with Crippen LogP contribution in [0.3, 0.4) is 0 Å². The lowest BCUT2D eigenvalue weighted by Gasteiger charge is -2.12. The molecular formula is C24H22ClN5O4. The number of nitrogens with zero attached hydrogens (tertiary/aromatic N) is 4. The van der Waals surface area contributed by atoms with Crippen LogP contribution in [0.5, 0.6) is 11.5 Å². The standard InChI is InChI=1S/C24H22ClN5O4/c1-33-19-9-8-16(11-20(19)34-2)27-21(31)13-29-24(32)23-18(22(28-29)14-6-7-14)12-26-30(23)17-5-3-4-15(25)10-17/h3-5,8-12,14H,6-7,13H2,1-2H3,(H,27,31). The topological polar surface area (TPSA) is 100 Å². The van der Waals surface area contributed by atoms with E-state index in [1.165, 1.54) is 18.9 Å². The normalized spacial score (nSPS) is 13.1. The van der Waals surface area contributed by atoms with Gasteiger partial charge in [0.05, 0.1) is 31.8 Å². The van der Waals surface area contributed by atoms with Gasteiger partial charge >= 0.3 is 0 Å². The molecule has 0 saturated heterocycles. The number of hydrogen-bond acceptors (Lipinski definition) is 6. The first-order valence-corrected chi connectivity index (χ1v) is 11.1. The van der Waals surface area contributed by atoms with E-state index in [0.29, 0.717) is 38.8 Å². The molecule has 0 unspecified atom stereocenters. The Kier molecular flexibility index (Phi) is 5.70. The largest absolute Gasteiger partial charge is 0.493 e. The fourth-order valence-electron chi connectivity index (χ4n) is 3.91. The van der Waals surface area contributed by atoms with Crippen LogP contribution in [0.4, 0.5) is 5.69 Å². The van der Waals surface area contributed by atoms with Crippen LogP contribution in [0.1, 0.15) is 24.5 Å². The fraction of sp³-hybridized carbons (Fsp3) is 0.250. The fourth-order valence-corrected chi connectivity index (χ4v) is 4.10. The maximum absolute atomic E-state index is 13.4. The summed E-state index contributed by atoms with van der Waals surface area (Å²) in [4.78, 5) is 26.3. The molecule has 9 nitrogen and oxygen atoms in total. The van der Waals surface area contributed by atoms with Gasteiger partial charge in [-0.25, -0.2) is 9.36 Å². The number of rotatable bonds is 7. The highest BCUT2D eigenvalue weighted by atomic mass is 35.5. The molecule has 1 amide bonds. The van der Waals surface area contributed by atoms with E-state index in [1.807, 2.05) is 6.07 Å². The summed E-state index contributed by atoms with van der Waals surface area (Å²) in [6.07, 6.45) is 3.63. The molecule has 10 heteroatoms. The molecule has 2 heterocycles. The second kappa shape index (κ2) is 8.83. The highest BCUT2D eigenvalue weighted by Gasteiger charge is 2.30. The van der Waals surface area contributed by atoms with Gasteiger partial charge in [-0.05, 0) is 43.2 Å². The number of carbonyl (C=O) groups excluding carboxylic acids is 1. The first-order chi connectivity index (χ1) is 16.5. The van der Waals surface area contributed by atoms with Gasteiger partial charge in [0.1, 0.15) is 12.1 Å². The molecule has 1 aliphatic rings. The predicted octanol–water partition coefficient (Wildman–Crippen LogP) is 3.77. The zero-order chi connectivity index (χ0) is 23.8. The number of aromatic nitrogens is 4. The summed E-state index contributed by atoms with van der Waals surface area (Å²) < 4.78 is 13.3. The molecule has 1 N–H and O–H groups in total. The minimum absolute atomic E-state index is 0.246. The van der Waals surface area contributed by atoms with E-state index in [9.17, 15) is 9.59 Å². The van der Waals surface area contributed by atoms with Gasteiger partial charge < -0.3 is 14.8 Å². The van der Waals surface area contributed by atoms with Crippen molar-refractivity contribution in [3.8, 4) is 17.2 Å². The molecule has 4 aromatic rings. The van der Waals surface area contributed by atoms with Gasteiger partial charge in [0, 0.05) is 28.1 Å². The molecule has 174 valence electrons. The Hall–Kier alpha value is -3.85. The Morgan fingerprint density at radius 3 is 2.65 bits per heavy atom. The predicted molar refractivity (Wildman–Crippen MR) is 128 cm³/mol. The Bertz CT molecular complexity index is 1460. The number of fused-ring (bicyclic) bond motifs is 1. The van der Waals surface area contributed by atoms with Gasteiger partial charge in [-0.3, -0.25) is 9.59 Å². The van der Waals surface area contributed by atoms with E-state index in [-0.39, 0.29) is 12.5 Å². The molecule has 0 aliphatic heterocycles. The summed E-state index contributed by atoms with van der Waals surface area (Å²) in [5.74, 6) is 0.891. The number of halogens is 1. The molecule has 2 aromatic heterocycles. The molecular weight excluding hydrogens is 458 g/mol. The van der Waals surface area contributed by atoms with E-state index in [0.717, 1.165) is 18.5 Å². The summed E-state index contributed by atoms with van der Waals surface area (Å²) in [6, 6.07) is 12.2. The van der Waals surface area contributed by atoms with Crippen molar-refractivity contribution in [2.45, 2.75) is 25.3 Å². The third-order valence-electron chi connectivity index (χ3n) is 5.69. The number of anilines is 1. The lowest BCUT2D eigenvalue weighted by Crippen LogP contribution is -2.31. The number of hydrogen-bond donors (Lipinski definition) is 1. The molecule has 2 aromatic carbocycles. The van der Waals surface area contributed by atoms with Crippen molar-refractivity contribution in [2.24, 2.45) is 0 Å². The van der Waals surface area contributed by atoms with Crippen molar-refractivity contribution in [1.82, 2.24) is 19.6 Å². The maximum atomic E-state index is 13.4. The van der Waals surface area contributed by atoms with Crippen LogP contribution in [0, 0.1) is 0 Å². The number of carbonyl (C=O) groups is 1. The minimum atomic E-state index is -0.403. The van der Waals surface area contributed by atoms with E-state index in [2.05, 4.69) is 15.5 Å². The van der Waals surface area contributed by atoms with Crippen LogP contribution < -0.4 is 20.3 Å². The van der Waals surface area contributed by atoms with Gasteiger partial charge in [-0.15, -0.1) is 0 Å². The van der Waals surface area contributed by atoms with Crippen molar-refractivity contribution >= 4 is 34.1 Å². The zero-order valence-electron chi connectivity index (χ0n) is 18.6. The average molecular weight is 480 g/mol. The average Bonchev–Trinajstić information content (AvgIpc) is 3.58. The van der Waals surface area contributed by atoms with Crippen molar-refractivity contribution < 1.29 is 14.3 Å². The van der Waals surface area contributed by atoms with Gasteiger partial charge in [-0.1, -0.05) is 17.7 Å². The molecule has 0 bridgehead atoms. The second-order valence-electron chi connectivity index (χ2n) is 8.04. The molecule has 34 heavy (non-hydrogen) atoms. The first kappa shape index (κ1) is 22.0. The molecule has 1 fully saturated rings. The Labute approximate surface area is 199 Å². The minimum Gasteiger partial charge on any atom is -0.493 e. The number of methoxy groups -OCH3 is 2. The molecule has 0 spiro atoms.